The molecule has 0 aromatic heterocycles. The van der Waals surface area contributed by atoms with Crippen LogP contribution in [0.15, 0.2) is 18.2 Å². The summed E-state index contributed by atoms with van der Waals surface area (Å²) >= 11 is 0. The predicted molar refractivity (Wildman–Crippen MR) is 93.9 cm³/mol. The Labute approximate surface area is 148 Å². The van der Waals surface area contributed by atoms with Crippen molar-refractivity contribution >= 4 is 23.3 Å². The van der Waals surface area contributed by atoms with Gasteiger partial charge in [-0.05, 0) is 59.2 Å². The van der Waals surface area contributed by atoms with E-state index in [0.29, 0.717) is 23.4 Å². The number of anilines is 1. The van der Waals surface area contributed by atoms with E-state index in [1.807, 2.05) is 6.92 Å². The summed E-state index contributed by atoms with van der Waals surface area (Å²) in [5, 5.41) is 0. The molecule has 0 saturated carbocycles. The molecule has 0 spiro atoms. The van der Waals surface area contributed by atoms with Crippen molar-refractivity contribution in [3.63, 3.8) is 0 Å². The zero-order valence-corrected chi connectivity index (χ0v) is 15.6. The van der Waals surface area contributed by atoms with Gasteiger partial charge in [-0.3, -0.25) is 14.5 Å². The molecular weight excluding hydrogens is 322 g/mol. The van der Waals surface area contributed by atoms with E-state index in [2.05, 4.69) is 0 Å². The van der Waals surface area contributed by atoms with Crippen molar-refractivity contribution in [3.05, 3.63) is 23.8 Å². The number of Topliss-reactive ketones (excluding diaryl/α,β-unsaturated/α-hetero) is 1. The number of hydrogen-bond acceptors (Lipinski definition) is 5. The van der Waals surface area contributed by atoms with Crippen molar-refractivity contribution in [1.82, 2.24) is 0 Å². The van der Waals surface area contributed by atoms with E-state index in [-0.39, 0.29) is 17.8 Å². The van der Waals surface area contributed by atoms with Crippen LogP contribution in [0.1, 0.15) is 58.3 Å². The van der Waals surface area contributed by atoms with E-state index in [1.165, 1.54) is 11.8 Å². The lowest BCUT2D eigenvalue weighted by Gasteiger charge is -2.41. The molecular formula is C19H25NO5. The number of carbonyl (C=O) groups excluding carboxylic acids is 3. The van der Waals surface area contributed by atoms with Crippen LogP contribution in [0.5, 0.6) is 5.75 Å². The van der Waals surface area contributed by atoms with Crippen LogP contribution < -0.4 is 9.64 Å². The lowest BCUT2D eigenvalue weighted by molar-refractivity contribution is -0.151. The van der Waals surface area contributed by atoms with Gasteiger partial charge in [0, 0.05) is 5.56 Å². The minimum atomic E-state index is -1.12. The van der Waals surface area contributed by atoms with E-state index in [1.54, 1.807) is 45.9 Å². The summed E-state index contributed by atoms with van der Waals surface area (Å²) in [6.07, 6.45) is 0.452. The molecule has 25 heavy (non-hydrogen) atoms. The second-order valence-corrected chi connectivity index (χ2v) is 6.86. The molecule has 2 rings (SSSR count). The molecule has 1 aromatic carbocycles. The van der Waals surface area contributed by atoms with E-state index in [9.17, 15) is 14.4 Å². The van der Waals surface area contributed by atoms with Gasteiger partial charge in [-0.15, -0.1) is 0 Å². The Morgan fingerprint density at radius 3 is 2.48 bits per heavy atom. The number of ether oxygens (including phenoxy) is 2. The van der Waals surface area contributed by atoms with Crippen LogP contribution in [0.25, 0.3) is 0 Å². The van der Waals surface area contributed by atoms with Gasteiger partial charge >= 0.3 is 5.97 Å². The molecule has 1 aromatic rings. The first-order valence-corrected chi connectivity index (χ1v) is 8.46. The van der Waals surface area contributed by atoms with Crippen molar-refractivity contribution in [1.29, 1.82) is 0 Å². The summed E-state index contributed by atoms with van der Waals surface area (Å²) in [5.41, 5.74) is -0.261. The summed E-state index contributed by atoms with van der Waals surface area (Å²) in [5.74, 6) is -0.512. The Balaban J connectivity index is 2.48. The summed E-state index contributed by atoms with van der Waals surface area (Å²) in [6, 6.07) is 4.05. The molecule has 0 N–H and O–H groups in total. The average Bonchev–Trinajstić information content (AvgIpc) is 2.54. The number of esters is 1. The monoisotopic (exact) mass is 347 g/mol. The van der Waals surface area contributed by atoms with E-state index in [4.69, 9.17) is 9.47 Å². The fraction of sp³-hybridized carbons (Fsp3) is 0.526. The maximum absolute atomic E-state index is 12.9. The Kier molecular flexibility index (Phi) is 5.20. The van der Waals surface area contributed by atoms with Gasteiger partial charge in [0.2, 0.25) is 0 Å². The fourth-order valence-electron chi connectivity index (χ4n) is 2.60. The predicted octanol–water partition coefficient (Wildman–Crippen LogP) is 3.12. The number of benzene rings is 1. The first-order valence-electron chi connectivity index (χ1n) is 8.46. The summed E-state index contributed by atoms with van der Waals surface area (Å²) in [4.78, 5) is 38.4. The lowest BCUT2D eigenvalue weighted by Crippen LogP contribution is -2.57. The van der Waals surface area contributed by atoms with Crippen molar-refractivity contribution < 1.29 is 23.9 Å². The van der Waals surface area contributed by atoms with E-state index in [0.717, 1.165) is 0 Å². The van der Waals surface area contributed by atoms with E-state index >= 15 is 0 Å². The Morgan fingerprint density at radius 1 is 1.28 bits per heavy atom. The SMILES string of the molecule is CCC(C)OC(=O)C(C)N1C(=O)C(C)(C)Oc2ccc(C(C)=O)cc21. The summed E-state index contributed by atoms with van der Waals surface area (Å²) < 4.78 is 11.2. The fourth-order valence-corrected chi connectivity index (χ4v) is 2.60. The molecule has 1 amide bonds. The highest BCUT2D eigenvalue weighted by atomic mass is 16.5. The normalized spacial score (nSPS) is 18.0. The number of rotatable bonds is 5. The molecule has 1 heterocycles. The molecule has 6 heteroatoms. The molecule has 6 nitrogen and oxygen atoms in total. The van der Waals surface area contributed by atoms with Crippen LogP contribution in [0, 0.1) is 0 Å². The smallest absolute Gasteiger partial charge is 0.329 e. The van der Waals surface area contributed by atoms with Crippen LogP contribution in [-0.4, -0.2) is 35.4 Å². The van der Waals surface area contributed by atoms with Gasteiger partial charge in [-0.2, -0.15) is 0 Å². The highest BCUT2D eigenvalue weighted by Crippen LogP contribution is 2.39. The Hall–Kier alpha value is -2.37. The topological polar surface area (TPSA) is 72.9 Å². The quantitative estimate of drug-likeness (QED) is 0.604. The summed E-state index contributed by atoms with van der Waals surface area (Å²) in [6.45, 7) is 10.1. The highest BCUT2D eigenvalue weighted by Gasteiger charge is 2.45. The third kappa shape index (κ3) is 3.67. The zero-order valence-electron chi connectivity index (χ0n) is 15.6. The molecule has 2 atom stereocenters. The maximum atomic E-state index is 12.9. The Morgan fingerprint density at radius 2 is 1.92 bits per heavy atom. The molecule has 2 unspecified atom stereocenters. The second kappa shape index (κ2) is 6.86. The minimum absolute atomic E-state index is 0.130. The van der Waals surface area contributed by atoms with Gasteiger partial charge in [0.25, 0.3) is 5.91 Å². The largest absolute Gasteiger partial charge is 0.476 e. The van der Waals surface area contributed by atoms with Crippen LogP contribution in [0.3, 0.4) is 0 Å². The molecule has 0 saturated heterocycles. The number of fused-ring (bicyclic) bond motifs is 1. The number of hydrogen-bond donors (Lipinski definition) is 0. The van der Waals surface area contributed by atoms with Gasteiger partial charge in [0.05, 0.1) is 11.8 Å². The lowest BCUT2D eigenvalue weighted by atomic mass is 10.00. The molecule has 1 aliphatic heterocycles. The molecule has 136 valence electrons. The van der Waals surface area contributed by atoms with Gasteiger partial charge in [0.15, 0.2) is 11.4 Å². The average molecular weight is 347 g/mol. The van der Waals surface area contributed by atoms with Crippen LogP contribution >= 0.6 is 0 Å². The summed E-state index contributed by atoms with van der Waals surface area (Å²) in [7, 11) is 0. The van der Waals surface area contributed by atoms with Gasteiger partial charge in [0.1, 0.15) is 11.8 Å². The molecule has 0 bridgehead atoms. The third-order valence-corrected chi connectivity index (χ3v) is 4.34. The van der Waals surface area contributed by atoms with Crippen molar-refractivity contribution in [2.24, 2.45) is 0 Å². The first kappa shape index (κ1) is 19.0. The van der Waals surface area contributed by atoms with Gasteiger partial charge in [-0.25, -0.2) is 4.79 Å². The van der Waals surface area contributed by atoms with Crippen molar-refractivity contribution in [2.45, 2.75) is 65.7 Å². The first-order chi connectivity index (χ1) is 11.6. The highest BCUT2D eigenvalue weighted by molar-refractivity contribution is 6.07. The maximum Gasteiger partial charge on any atom is 0.329 e. The standard InChI is InChI=1S/C19H25NO5/c1-7-11(2)24-17(22)12(3)20-15-10-14(13(4)21)8-9-16(15)25-19(5,6)18(20)23/h8-12H,7H2,1-6H3. The van der Waals surface area contributed by atoms with E-state index < -0.39 is 17.6 Å². The van der Waals surface area contributed by atoms with Gasteiger partial charge in [-0.1, -0.05) is 6.92 Å². The minimum Gasteiger partial charge on any atom is -0.476 e. The van der Waals surface area contributed by atoms with Crippen molar-refractivity contribution in [2.75, 3.05) is 4.90 Å². The number of nitrogens with zero attached hydrogens (tertiary/aromatic N) is 1. The Bertz CT molecular complexity index is 710. The van der Waals surface area contributed by atoms with Crippen molar-refractivity contribution in [3.8, 4) is 5.75 Å². The molecule has 0 aliphatic carbocycles. The molecule has 1 aliphatic rings. The molecule has 0 fully saturated rings. The number of amides is 1. The number of carbonyl (C=O) groups is 3. The molecule has 0 radical (unpaired) electrons. The number of ketones is 1. The van der Waals surface area contributed by atoms with Crippen LogP contribution in [0.4, 0.5) is 5.69 Å². The van der Waals surface area contributed by atoms with Crippen LogP contribution in [-0.2, 0) is 14.3 Å². The van der Waals surface area contributed by atoms with Gasteiger partial charge < -0.3 is 9.47 Å². The van der Waals surface area contributed by atoms with Crippen LogP contribution in [0.2, 0.25) is 0 Å². The third-order valence-electron chi connectivity index (χ3n) is 4.34. The zero-order chi connectivity index (χ0) is 18.9. The second-order valence-electron chi connectivity index (χ2n) is 6.86.